The van der Waals surface area contributed by atoms with E-state index in [2.05, 4.69) is 10.5 Å². The van der Waals surface area contributed by atoms with E-state index in [1.807, 2.05) is 25.7 Å². The summed E-state index contributed by atoms with van der Waals surface area (Å²) in [4.78, 5) is 26.1. The van der Waals surface area contributed by atoms with Gasteiger partial charge in [-0.25, -0.2) is 4.79 Å². The third-order valence-corrected chi connectivity index (χ3v) is 4.37. The molecule has 7 nitrogen and oxygen atoms in total. The zero-order valence-corrected chi connectivity index (χ0v) is 16.0. The van der Waals surface area contributed by atoms with Crippen LogP contribution in [0.15, 0.2) is 4.52 Å². The number of carbonyl (C=O) groups is 2. The molecule has 140 valence electrons. The number of amides is 2. The summed E-state index contributed by atoms with van der Waals surface area (Å²) in [6, 6.07) is 0. The van der Waals surface area contributed by atoms with Crippen LogP contribution in [0, 0.1) is 12.8 Å². The van der Waals surface area contributed by atoms with E-state index >= 15 is 0 Å². The zero-order valence-electron chi connectivity index (χ0n) is 15.2. The van der Waals surface area contributed by atoms with Crippen molar-refractivity contribution in [2.45, 2.75) is 52.6 Å². The number of aromatic nitrogens is 1. The summed E-state index contributed by atoms with van der Waals surface area (Å²) in [6.45, 7) is 9.05. The summed E-state index contributed by atoms with van der Waals surface area (Å²) >= 11 is 5.93. The van der Waals surface area contributed by atoms with Crippen LogP contribution >= 0.6 is 11.6 Å². The van der Waals surface area contributed by atoms with Gasteiger partial charge in [-0.05, 0) is 58.1 Å². The standard InChI is InChI=1S/C17H26ClN3O4/c1-11-13(15(18)25-20-11)8-14(22)21-7-5-6-12(10-21)9-19-16(23)24-17(2,3)4/h12H,5-10H2,1-4H3,(H,19,23)/t12-/m0/s1. The summed E-state index contributed by atoms with van der Waals surface area (Å²) in [5, 5.41) is 6.73. The van der Waals surface area contributed by atoms with Gasteiger partial charge in [0.15, 0.2) is 0 Å². The maximum Gasteiger partial charge on any atom is 0.407 e. The smallest absolute Gasteiger partial charge is 0.407 e. The van der Waals surface area contributed by atoms with Crippen LogP contribution in [0.2, 0.25) is 5.22 Å². The zero-order chi connectivity index (χ0) is 18.6. The van der Waals surface area contributed by atoms with Gasteiger partial charge in [0, 0.05) is 25.2 Å². The second-order valence-corrected chi connectivity index (χ2v) is 7.77. The molecule has 25 heavy (non-hydrogen) atoms. The predicted molar refractivity (Wildman–Crippen MR) is 93.5 cm³/mol. The van der Waals surface area contributed by atoms with Gasteiger partial charge in [-0.2, -0.15) is 0 Å². The molecule has 2 heterocycles. The van der Waals surface area contributed by atoms with Gasteiger partial charge in [0.1, 0.15) is 5.60 Å². The molecule has 1 aromatic rings. The second-order valence-electron chi connectivity index (χ2n) is 7.43. The lowest BCUT2D eigenvalue weighted by Crippen LogP contribution is -2.45. The Kier molecular flexibility index (Phi) is 6.32. The van der Waals surface area contributed by atoms with E-state index in [0.717, 1.165) is 12.8 Å². The fraction of sp³-hybridized carbons (Fsp3) is 0.706. The van der Waals surface area contributed by atoms with Gasteiger partial charge in [0.25, 0.3) is 0 Å². The van der Waals surface area contributed by atoms with Crippen molar-refractivity contribution in [3.05, 3.63) is 16.5 Å². The van der Waals surface area contributed by atoms with Gasteiger partial charge in [-0.15, -0.1) is 0 Å². The molecule has 0 unspecified atom stereocenters. The van der Waals surface area contributed by atoms with Crippen LogP contribution in [0.25, 0.3) is 0 Å². The monoisotopic (exact) mass is 371 g/mol. The van der Waals surface area contributed by atoms with Gasteiger partial charge in [0.05, 0.1) is 12.1 Å². The maximum atomic E-state index is 12.5. The molecule has 1 N–H and O–H groups in total. The quantitative estimate of drug-likeness (QED) is 0.879. The van der Waals surface area contributed by atoms with Gasteiger partial charge in [0.2, 0.25) is 11.1 Å². The molecule has 1 saturated heterocycles. The number of halogens is 1. The van der Waals surface area contributed by atoms with E-state index in [1.165, 1.54) is 0 Å². The van der Waals surface area contributed by atoms with Crippen LogP contribution in [0.5, 0.6) is 0 Å². The highest BCUT2D eigenvalue weighted by atomic mass is 35.5. The van der Waals surface area contributed by atoms with E-state index in [4.69, 9.17) is 20.9 Å². The normalized spacial score (nSPS) is 18.1. The largest absolute Gasteiger partial charge is 0.444 e. The lowest BCUT2D eigenvalue weighted by atomic mass is 9.97. The summed E-state index contributed by atoms with van der Waals surface area (Å²) in [6.07, 6.45) is 1.62. The Morgan fingerprint density at radius 2 is 2.16 bits per heavy atom. The van der Waals surface area contributed by atoms with E-state index in [-0.39, 0.29) is 23.5 Å². The maximum absolute atomic E-state index is 12.5. The first kappa shape index (κ1) is 19.6. The Labute approximate surface area is 153 Å². The molecule has 1 aromatic heterocycles. The number of carbonyl (C=O) groups excluding carboxylic acids is 2. The fourth-order valence-corrected chi connectivity index (χ4v) is 3.06. The lowest BCUT2D eigenvalue weighted by molar-refractivity contribution is -0.132. The average molecular weight is 372 g/mol. The minimum absolute atomic E-state index is 0.00447. The van der Waals surface area contributed by atoms with Crippen molar-refractivity contribution in [2.24, 2.45) is 5.92 Å². The molecule has 2 amide bonds. The number of hydrogen-bond donors (Lipinski definition) is 1. The molecular formula is C17H26ClN3O4. The Morgan fingerprint density at radius 3 is 2.76 bits per heavy atom. The number of aryl methyl sites for hydroxylation is 1. The second kappa shape index (κ2) is 8.08. The van der Waals surface area contributed by atoms with E-state index in [0.29, 0.717) is 30.9 Å². The third-order valence-electron chi connectivity index (χ3n) is 4.07. The van der Waals surface area contributed by atoms with Crippen LogP contribution in [-0.4, -0.2) is 47.3 Å². The number of hydrogen-bond acceptors (Lipinski definition) is 5. The van der Waals surface area contributed by atoms with Crippen molar-refractivity contribution in [3.8, 4) is 0 Å². The number of alkyl carbamates (subject to hydrolysis) is 1. The van der Waals surface area contributed by atoms with Gasteiger partial charge >= 0.3 is 6.09 Å². The molecule has 0 aliphatic carbocycles. The van der Waals surface area contributed by atoms with Crippen molar-refractivity contribution < 1.29 is 18.8 Å². The van der Waals surface area contributed by atoms with Crippen molar-refractivity contribution in [1.82, 2.24) is 15.4 Å². The van der Waals surface area contributed by atoms with Crippen LogP contribution < -0.4 is 5.32 Å². The molecule has 8 heteroatoms. The Bertz CT molecular complexity index is 604. The van der Waals surface area contributed by atoms with Crippen LogP contribution in [0.1, 0.15) is 44.9 Å². The lowest BCUT2D eigenvalue weighted by Gasteiger charge is -2.33. The molecule has 0 bridgehead atoms. The van der Waals surface area contributed by atoms with Crippen LogP contribution in [-0.2, 0) is 16.0 Å². The molecule has 1 fully saturated rings. The molecule has 1 aliphatic heterocycles. The minimum atomic E-state index is -0.519. The first-order valence-corrected chi connectivity index (χ1v) is 8.89. The third kappa shape index (κ3) is 5.92. The van der Waals surface area contributed by atoms with Gasteiger partial charge < -0.3 is 19.5 Å². The summed E-state index contributed by atoms with van der Waals surface area (Å²) in [7, 11) is 0. The van der Waals surface area contributed by atoms with Crippen LogP contribution in [0.4, 0.5) is 4.79 Å². The van der Waals surface area contributed by atoms with Crippen LogP contribution in [0.3, 0.4) is 0 Å². The Hall–Kier alpha value is -1.76. The first-order chi connectivity index (χ1) is 11.7. The number of nitrogens with zero attached hydrogens (tertiary/aromatic N) is 2. The molecule has 0 spiro atoms. The highest BCUT2D eigenvalue weighted by Crippen LogP contribution is 2.22. The highest BCUT2D eigenvalue weighted by molar-refractivity contribution is 6.29. The predicted octanol–water partition coefficient (Wildman–Crippen LogP) is 2.94. The van der Waals surface area contributed by atoms with Gasteiger partial charge in [-0.1, -0.05) is 5.16 Å². The SMILES string of the molecule is Cc1noc(Cl)c1CC(=O)N1CCC[C@@H](CNC(=O)OC(C)(C)C)C1. The number of piperidine rings is 1. The molecule has 0 radical (unpaired) electrons. The van der Waals surface area contributed by atoms with Crippen molar-refractivity contribution in [1.29, 1.82) is 0 Å². The fourth-order valence-electron chi connectivity index (χ4n) is 2.82. The van der Waals surface area contributed by atoms with Crippen molar-refractivity contribution in [3.63, 3.8) is 0 Å². The summed E-state index contributed by atoms with van der Waals surface area (Å²) in [5.74, 6) is 0.208. The molecule has 1 aliphatic rings. The Morgan fingerprint density at radius 1 is 1.44 bits per heavy atom. The average Bonchev–Trinajstić information content (AvgIpc) is 2.83. The molecule has 0 saturated carbocycles. The number of nitrogens with one attached hydrogen (secondary N) is 1. The first-order valence-electron chi connectivity index (χ1n) is 8.51. The molecular weight excluding hydrogens is 346 g/mol. The number of rotatable bonds is 4. The van der Waals surface area contributed by atoms with Crippen molar-refractivity contribution >= 4 is 23.6 Å². The summed E-state index contributed by atoms with van der Waals surface area (Å²) in [5.41, 5.74) is 0.758. The Balaban J connectivity index is 1.84. The number of ether oxygens (including phenoxy) is 1. The minimum Gasteiger partial charge on any atom is -0.444 e. The van der Waals surface area contributed by atoms with E-state index in [9.17, 15) is 9.59 Å². The van der Waals surface area contributed by atoms with E-state index < -0.39 is 11.7 Å². The molecule has 0 aromatic carbocycles. The van der Waals surface area contributed by atoms with Crippen molar-refractivity contribution in [2.75, 3.05) is 19.6 Å². The summed E-state index contributed by atoms with van der Waals surface area (Å²) < 4.78 is 10.1. The topological polar surface area (TPSA) is 84.7 Å². The molecule has 1 atom stereocenters. The van der Waals surface area contributed by atoms with Gasteiger partial charge in [-0.3, -0.25) is 4.79 Å². The highest BCUT2D eigenvalue weighted by Gasteiger charge is 2.26. The molecule has 2 rings (SSSR count). The number of likely N-dealkylation sites (tertiary alicyclic amines) is 1. The van der Waals surface area contributed by atoms with E-state index in [1.54, 1.807) is 6.92 Å².